The van der Waals surface area contributed by atoms with E-state index >= 15 is 0 Å². The van der Waals surface area contributed by atoms with Gasteiger partial charge >= 0.3 is 6.03 Å². The molecule has 0 radical (unpaired) electrons. The van der Waals surface area contributed by atoms with Gasteiger partial charge in [-0.3, -0.25) is 4.40 Å². The molecule has 0 atom stereocenters. The van der Waals surface area contributed by atoms with Gasteiger partial charge in [-0.1, -0.05) is 18.2 Å². The summed E-state index contributed by atoms with van der Waals surface area (Å²) in [5.41, 5.74) is 1.90. The number of piperidine rings is 1. The molecule has 0 spiro atoms. The molecule has 2 amide bonds. The first-order chi connectivity index (χ1) is 13.7. The van der Waals surface area contributed by atoms with Crippen molar-refractivity contribution in [1.29, 1.82) is 0 Å². The molecule has 1 N–H and O–H groups in total. The Bertz CT molecular complexity index is 947. The van der Waals surface area contributed by atoms with E-state index in [4.69, 9.17) is 4.74 Å². The minimum Gasteiger partial charge on any atom is -0.494 e. The normalized spacial score (nSPS) is 15.0. The Hall–Kier alpha value is -3.09. The van der Waals surface area contributed by atoms with Crippen molar-refractivity contribution in [3.8, 4) is 5.75 Å². The molecule has 2 aromatic heterocycles. The number of aromatic nitrogens is 3. The second-order valence-corrected chi connectivity index (χ2v) is 6.99. The largest absolute Gasteiger partial charge is 0.494 e. The van der Waals surface area contributed by atoms with Gasteiger partial charge in [-0.25, -0.2) is 4.79 Å². The van der Waals surface area contributed by atoms with Crippen LogP contribution >= 0.6 is 0 Å². The number of benzene rings is 1. The molecule has 1 saturated heterocycles. The molecule has 1 aliphatic rings. The lowest BCUT2D eigenvalue weighted by molar-refractivity contribution is 0.180. The van der Waals surface area contributed by atoms with E-state index in [1.807, 2.05) is 64.9 Å². The van der Waals surface area contributed by atoms with E-state index in [2.05, 4.69) is 15.5 Å². The monoisotopic (exact) mass is 379 g/mol. The van der Waals surface area contributed by atoms with Crippen molar-refractivity contribution in [3.63, 3.8) is 0 Å². The van der Waals surface area contributed by atoms with E-state index in [9.17, 15) is 4.79 Å². The van der Waals surface area contributed by atoms with E-state index < -0.39 is 0 Å². The third kappa shape index (κ3) is 3.93. The highest BCUT2D eigenvalue weighted by Crippen LogP contribution is 2.27. The molecule has 0 unspecified atom stereocenters. The lowest BCUT2D eigenvalue weighted by Gasteiger charge is -2.31. The van der Waals surface area contributed by atoms with Crippen molar-refractivity contribution >= 4 is 11.7 Å². The summed E-state index contributed by atoms with van der Waals surface area (Å²) in [5.74, 6) is 2.14. The number of ether oxygens (including phenoxy) is 1. The van der Waals surface area contributed by atoms with Gasteiger partial charge in [0, 0.05) is 31.7 Å². The second-order valence-electron chi connectivity index (χ2n) is 6.99. The Balaban J connectivity index is 1.31. The molecular weight excluding hydrogens is 354 g/mol. The smallest absolute Gasteiger partial charge is 0.317 e. The fourth-order valence-electron chi connectivity index (χ4n) is 3.68. The van der Waals surface area contributed by atoms with Gasteiger partial charge in [-0.05, 0) is 49.6 Å². The van der Waals surface area contributed by atoms with Crippen molar-refractivity contribution in [1.82, 2.24) is 24.8 Å². The van der Waals surface area contributed by atoms with E-state index in [1.165, 1.54) is 0 Å². The number of pyridine rings is 1. The third-order valence-corrected chi connectivity index (χ3v) is 5.14. The molecule has 28 heavy (non-hydrogen) atoms. The van der Waals surface area contributed by atoms with Crippen LogP contribution < -0.4 is 10.1 Å². The van der Waals surface area contributed by atoms with Crippen molar-refractivity contribution in [3.05, 3.63) is 60.0 Å². The molecule has 7 nitrogen and oxygen atoms in total. The summed E-state index contributed by atoms with van der Waals surface area (Å²) in [6.45, 7) is 4.52. The SMILES string of the molecule is CCOc1cccc(CNC(=O)N2CCC(c3nnc4ccccn34)CC2)c1. The van der Waals surface area contributed by atoms with Gasteiger partial charge in [-0.2, -0.15) is 0 Å². The average molecular weight is 379 g/mol. The number of amides is 2. The van der Waals surface area contributed by atoms with Crippen molar-refractivity contribution in [2.24, 2.45) is 0 Å². The Labute approximate surface area is 164 Å². The number of fused-ring (bicyclic) bond motifs is 1. The van der Waals surface area contributed by atoms with Gasteiger partial charge in [0.15, 0.2) is 5.65 Å². The first kappa shape index (κ1) is 18.3. The topological polar surface area (TPSA) is 71.8 Å². The number of hydrogen-bond donors (Lipinski definition) is 1. The molecule has 1 aromatic carbocycles. The fraction of sp³-hybridized carbons (Fsp3) is 0.381. The fourth-order valence-corrected chi connectivity index (χ4v) is 3.68. The summed E-state index contributed by atoms with van der Waals surface area (Å²) < 4.78 is 7.56. The molecule has 4 rings (SSSR count). The molecule has 3 heterocycles. The number of nitrogens with one attached hydrogen (secondary N) is 1. The van der Waals surface area contributed by atoms with Crippen molar-refractivity contribution < 1.29 is 9.53 Å². The standard InChI is InChI=1S/C21H25N5O2/c1-2-28-18-7-5-6-16(14-18)15-22-21(27)25-12-9-17(10-13-25)20-24-23-19-8-3-4-11-26(19)20/h3-8,11,14,17H,2,9-10,12-13,15H2,1H3,(H,22,27). The van der Waals surface area contributed by atoms with Crippen LogP contribution in [0.5, 0.6) is 5.75 Å². The highest BCUT2D eigenvalue weighted by Gasteiger charge is 2.26. The van der Waals surface area contributed by atoms with E-state index in [1.54, 1.807) is 0 Å². The van der Waals surface area contributed by atoms with Crippen LogP contribution in [0.4, 0.5) is 4.79 Å². The van der Waals surface area contributed by atoms with Crippen molar-refractivity contribution in [2.45, 2.75) is 32.2 Å². The summed E-state index contributed by atoms with van der Waals surface area (Å²) in [6, 6.07) is 13.7. The molecule has 0 bridgehead atoms. The molecule has 3 aromatic rings. The summed E-state index contributed by atoms with van der Waals surface area (Å²) in [4.78, 5) is 14.4. The zero-order valence-corrected chi connectivity index (χ0v) is 16.0. The molecule has 1 fully saturated rings. The molecule has 1 aliphatic heterocycles. The van der Waals surface area contributed by atoms with Crippen LogP contribution in [0.1, 0.15) is 37.1 Å². The maximum atomic E-state index is 12.5. The van der Waals surface area contributed by atoms with Gasteiger partial charge in [0.25, 0.3) is 0 Å². The number of rotatable bonds is 5. The minimum atomic E-state index is -0.0219. The van der Waals surface area contributed by atoms with Gasteiger partial charge in [-0.15, -0.1) is 10.2 Å². The maximum Gasteiger partial charge on any atom is 0.317 e. The van der Waals surface area contributed by atoms with Gasteiger partial charge < -0.3 is 15.0 Å². The van der Waals surface area contributed by atoms with Crippen LogP contribution in [0.15, 0.2) is 48.7 Å². The quantitative estimate of drug-likeness (QED) is 0.739. The van der Waals surface area contributed by atoms with Crippen LogP contribution in [-0.4, -0.2) is 45.2 Å². The van der Waals surface area contributed by atoms with Crippen LogP contribution in [0.25, 0.3) is 5.65 Å². The highest BCUT2D eigenvalue weighted by atomic mass is 16.5. The number of carbonyl (C=O) groups is 1. The summed E-state index contributed by atoms with van der Waals surface area (Å²) in [6.07, 6.45) is 3.78. The number of carbonyl (C=O) groups excluding carboxylic acids is 1. The van der Waals surface area contributed by atoms with Crippen LogP contribution in [-0.2, 0) is 6.54 Å². The highest BCUT2D eigenvalue weighted by molar-refractivity contribution is 5.74. The lowest BCUT2D eigenvalue weighted by atomic mass is 9.96. The molecule has 0 saturated carbocycles. The number of hydrogen-bond acceptors (Lipinski definition) is 4. The van der Waals surface area contributed by atoms with Gasteiger partial charge in [0.2, 0.25) is 0 Å². The average Bonchev–Trinajstić information content (AvgIpc) is 3.17. The Morgan fingerprint density at radius 3 is 2.86 bits per heavy atom. The van der Waals surface area contributed by atoms with E-state index in [-0.39, 0.29) is 6.03 Å². The predicted octanol–water partition coefficient (Wildman–Crippen LogP) is 3.22. The van der Waals surface area contributed by atoms with Crippen LogP contribution in [0, 0.1) is 0 Å². The first-order valence-electron chi connectivity index (χ1n) is 9.79. The van der Waals surface area contributed by atoms with Crippen molar-refractivity contribution in [2.75, 3.05) is 19.7 Å². The Kier molecular flexibility index (Phi) is 5.41. The molecule has 7 heteroatoms. The zero-order valence-electron chi connectivity index (χ0n) is 16.0. The second kappa shape index (κ2) is 8.29. The first-order valence-corrected chi connectivity index (χ1v) is 9.79. The number of urea groups is 1. The lowest BCUT2D eigenvalue weighted by Crippen LogP contribution is -2.44. The molecule has 0 aliphatic carbocycles. The number of nitrogens with zero attached hydrogens (tertiary/aromatic N) is 4. The molecule has 146 valence electrons. The van der Waals surface area contributed by atoms with Crippen LogP contribution in [0.3, 0.4) is 0 Å². The molecular formula is C21H25N5O2. The zero-order chi connectivity index (χ0) is 19.3. The summed E-state index contributed by atoms with van der Waals surface area (Å²) in [5, 5.41) is 11.6. The minimum absolute atomic E-state index is 0.0219. The maximum absolute atomic E-state index is 12.5. The van der Waals surface area contributed by atoms with E-state index in [0.717, 1.165) is 48.7 Å². The Morgan fingerprint density at radius 2 is 2.04 bits per heavy atom. The summed E-state index contributed by atoms with van der Waals surface area (Å²) >= 11 is 0. The predicted molar refractivity (Wildman–Crippen MR) is 106 cm³/mol. The van der Waals surface area contributed by atoms with Gasteiger partial charge in [0.1, 0.15) is 11.6 Å². The van der Waals surface area contributed by atoms with Gasteiger partial charge in [0.05, 0.1) is 6.61 Å². The summed E-state index contributed by atoms with van der Waals surface area (Å²) in [7, 11) is 0. The Morgan fingerprint density at radius 1 is 1.18 bits per heavy atom. The third-order valence-electron chi connectivity index (χ3n) is 5.14. The van der Waals surface area contributed by atoms with E-state index in [0.29, 0.717) is 19.1 Å². The number of likely N-dealkylation sites (tertiary alicyclic amines) is 1. The van der Waals surface area contributed by atoms with Crippen LogP contribution in [0.2, 0.25) is 0 Å².